The first-order valence-corrected chi connectivity index (χ1v) is 6.86. The Balaban J connectivity index is 0.00000192. The minimum atomic E-state index is -0.546. The van der Waals surface area contributed by atoms with Gasteiger partial charge in [-0.1, -0.05) is 18.2 Å². The second-order valence-electron chi connectivity index (χ2n) is 4.49. The Labute approximate surface area is 138 Å². The van der Waals surface area contributed by atoms with E-state index in [1.165, 1.54) is 0 Å². The van der Waals surface area contributed by atoms with Gasteiger partial charge in [-0.15, -0.1) is 12.4 Å². The van der Waals surface area contributed by atoms with E-state index in [2.05, 4.69) is 25.6 Å². The minimum absolute atomic E-state index is 0. The van der Waals surface area contributed by atoms with Crippen molar-refractivity contribution in [3.8, 4) is 0 Å². The van der Waals surface area contributed by atoms with Crippen LogP contribution in [-0.4, -0.2) is 27.7 Å². The summed E-state index contributed by atoms with van der Waals surface area (Å²) in [7, 11) is 0. The zero-order valence-electron chi connectivity index (χ0n) is 12.4. The van der Waals surface area contributed by atoms with E-state index >= 15 is 0 Å². The first kappa shape index (κ1) is 16.6. The van der Waals surface area contributed by atoms with Crippen molar-refractivity contribution in [2.45, 2.75) is 6.92 Å². The number of nitrogens with zero attached hydrogens (tertiary/aromatic N) is 2. The van der Waals surface area contributed by atoms with Gasteiger partial charge >= 0.3 is 6.09 Å². The average Bonchev–Trinajstić information content (AvgIpc) is 2.97. The molecule has 2 aromatic heterocycles. The molecule has 0 unspecified atom stereocenters. The van der Waals surface area contributed by atoms with Gasteiger partial charge < -0.3 is 15.0 Å². The molecule has 0 radical (unpaired) electrons. The average molecular weight is 334 g/mol. The number of carbonyl (C=O) groups is 1. The summed E-state index contributed by atoms with van der Waals surface area (Å²) in [5.74, 6) is 0.372. The van der Waals surface area contributed by atoms with Crippen LogP contribution in [0.15, 0.2) is 42.7 Å². The van der Waals surface area contributed by atoms with Gasteiger partial charge in [-0.05, 0) is 19.1 Å². The Morgan fingerprint density at radius 3 is 2.83 bits per heavy atom. The number of pyridine rings is 1. The largest absolute Gasteiger partial charge is 0.450 e. The van der Waals surface area contributed by atoms with Crippen LogP contribution in [0.2, 0.25) is 0 Å². The Kier molecular flexibility index (Phi) is 5.37. The molecule has 0 spiro atoms. The van der Waals surface area contributed by atoms with Crippen LogP contribution in [-0.2, 0) is 4.74 Å². The molecule has 1 aromatic carbocycles. The van der Waals surface area contributed by atoms with Gasteiger partial charge in [-0.2, -0.15) is 0 Å². The first-order valence-electron chi connectivity index (χ1n) is 6.86. The summed E-state index contributed by atoms with van der Waals surface area (Å²) in [4.78, 5) is 23.0. The van der Waals surface area contributed by atoms with Crippen molar-refractivity contribution in [2.24, 2.45) is 0 Å². The monoisotopic (exact) mass is 333 g/mol. The minimum Gasteiger partial charge on any atom is -0.450 e. The SMILES string of the molecule is CCOC(=O)Nc1cc(Nc2ccccc2)c2[nH]cnc2n1.Cl. The summed E-state index contributed by atoms with van der Waals surface area (Å²) < 4.78 is 4.86. The fraction of sp³-hybridized carbons (Fsp3) is 0.133. The van der Waals surface area contributed by atoms with Crippen molar-refractivity contribution in [2.75, 3.05) is 17.2 Å². The fourth-order valence-electron chi connectivity index (χ4n) is 2.04. The number of benzene rings is 1. The standard InChI is InChI=1S/C15H15N5O2.ClH/c1-2-22-15(21)20-12-8-11(13-14(19-12)17-9-16-13)18-10-6-4-3-5-7-10;/h3-9H,2H2,1H3,(H3,16,17,18,19,20,21);1H. The maximum Gasteiger partial charge on any atom is 0.412 e. The van der Waals surface area contributed by atoms with Crippen molar-refractivity contribution < 1.29 is 9.53 Å². The van der Waals surface area contributed by atoms with Crippen LogP contribution in [0.5, 0.6) is 0 Å². The molecule has 0 saturated heterocycles. The highest BCUT2D eigenvalue weighted by Gasteiger charge is 2.11. The Morgan fingerprint density at radius 2 is 2.09 bits per heavy atom. The summed E-state index contributed by atoms with van der Waals surface area (Å²) in [5, 5.41) is 5.86. The lowest BCUT2D eigenvalue weighted by molar-refractivity contribution is 0.168. The molecule has 1 amide bonds. The van der Waals surface area contributed by atoms with Gasteiger partial charge in [0.25, 0.3) is 0 Å². The molecule has 0 fully saturated rings. The van der Waals surface area contributed by atoms with Crippen LogP contribution < -0.4 is 10.6 Å². The zero-order chi connectivity index (χ0) is 15.4. The Bertz CT molecular complexity index is 791. The molecule has 0 saturated carbocycles. The number of anilines is 3. The Hall–Kier alpha value is -2.80. The lowest BCUT2D eigenvalue weighted by Crippen LogP contribution is -2.14. The lowest BCUT2D eigenvalue weighted by Gasteiger charge is -2.10. The van der Waals surface area contributed by atoms with Crippen molar-refractivity contribution in [1.82, 2.24) is 15.0 Å². The molecule has 0 aliphatic rings. The number of hydrogen-bond acceptors (Lipinski definition) is 5. The van der Waals surface area contributed by atoms with Gasteiger partial charge in [0.2, 0.25) is 0 Å². The van der Waals surface area contributed by atoms with Crippen LogP contribution in [0.1, 0.15) is 6.92 Å². The van der Waals surface area contributed by atoms with Crippen LogP contribution >= 0.6 is 12.4 Å². The molecule has 3 rings (SSSR count). The maximum absolute atomic E-state index is 11.5. The maximum atomic E-state index is 11.5. The quantitative estimate of drug-likeness (QED) is 0.677. The molecule has 3 N–H and O–H groups in total. The molecule has 8 heteroatoms. The van der Waals surface area contributed by atoms with E-state index in [1.807, 2.05) is 30.3 Å². The van der Waals surface area contributed by atoms with Gasteiger partial charge in [0.05, 0.1) is 18.6 Å². The number of carbonyl (C=O) groups excluding carboxylic acids is 1. The van der Waals surface area contributed by atoms with Crippen molar-refractivity contribution in [3.63, 3.8) is 0 Å². The third-order valence-electron chi connectivity index (χ3n) is 2.95. The van der Waals surface area contributed by atoms with E-state index in [1.54, 1.807) is 19.3 Å². The number of aromatic nitrogens is 3. The van der Waals surface area contributed by atoms with Crippen LogP contribution in [0.25, 0.3) is 11.2 Å². The highest BCUT2D eigenvalue weighted by molar-refractivity contribution is 5.92. The molecule has 0 aliphatic heterocycles. The van der Waals surface area contributed by atoms with E-state index in [0.29, 0.717) is 18.1 Å². The van der Waals surface area contributed by atoms with Gasteiger partial charge in [-0.25, -0.2) is 14.8 Å². The number of rotatable bonds is 4. The fourth-order valence-corrected chi connectivity index (χ4v) is 2.04. The molecular formula is C15H16ClN5O2. The number of aromatic amines is 1. The highest BCUT2D eigenvalue weighted by Crippen LogP contribution is 2.26. The summed E-state index contributed by atoms with van der Waals surface area (Å²) >= 11 is 0. The van der Waals surface area contributed by atoms with Gasteiger partial charge in [-0.3, -0.25) is 5.32 Å². The van der Waals surface area contributed by atoms with E-state index in [-0.39, 0.29) is 12.4 Å². The number of ether oxygens (including phenoxy) is 1. The predicted octanol–water partition coefficient (Wildman–Crippen LogP) is 3.69. The Morgan fingerprint density at radius 1 is 1.30 bits per heavy atom. The molecule has 0 atom stereocenters. The highest BCUT2D eigenvalue weighted by atomic mass is 35.5. The number of nitrogens with one attached hydrogen (secondary N) is 3. The first-order chi connectivity index (χ1) is 10.8. The van der Waals surface area contributed by atoms with Crippen molar-refractivity contribution >= 4 is 46.9 Å². The molecule has 7 nitrogen and oxygen atoms in total. The summed E-state index contributed by atoms with van der Waals surface area (Å²) in [6.07, 6.45) is 1.01. The second-order valence-corrected chi connectivity index (χ2v) is 4.49. The molecule has 0 aliphatic carbocycles. The van der Waals surface area contributed by atoms with Gasteiger partial charge in [0.1, 0.15) is 11.3 Å². The summed E-state index contributed by atoms with van der Waals surface area (Å²) in [6.45, 7) is 2.04. The topological polar surface area (TPSA) is 91.9 Å². The van der Waals surface area contributed by atoms with Crippen LogP contribution in [0.4, 0.5) is 22.0 Å². The third-order valence-corrected chi connectivity index (χ3v) is 2.95. The number of amides is 1. The molecule has 120 valence electrons. The number of para-hydroxylation sites is 1. The van der Waals surface area contributed by atoms with E-state index in [4.69, 9.17) is 4.74 Å². The van der Waals surface area contributed by atoms with E-state index < -0.39 is 6.09 Å². The zero-order valence-corrected chi connectivity index (χ0v) is 13.2. The van der Waals surface area contributed by atoms with Gasteiger partial charge in [0, 0.05) is 11.8 Å². The predicted molar refractivity (Wildman–Crippen MR) is 91.5 cm³/mol. The van der Waals surface area contributed by atoms with E-state index in [0.717, 1.165) is 16.9 Å². The smallest absolute Gasteiger partial charge is 0.412 e. The van der Waals surface area contributed by atoms with Crippen molar-refractivity contribution in [1.29, 1.82) is 0 Å². The lowest BCUT2D eigenvalue weighted by atomic mass is 10.3. The van der Waals surface area contributed by atoms with Gasteiger partial charge in [0.15, 0.2) is 5.65 Å². The number of imidazole rings is 1. The molecule has 0 bridgehead atoms. The van der Waals surface area contributed by atoms with Crippen molar-refractivity contribution in [3.05, 3.63) is 42.7 Å². The summed E-state index contributed by atoms with van der Waals surface area (Å²) in [5.41, 5.74) is 2.96. The number of H-pyrrole nitrogens is 1. The number of hydrogen-bond donors (Lipinski definition) is 3. The van der Waals surface area contributed by atoms with E-state index in [9.17, 15) is 4.79 Å². The normalized spacial score (nSPS) is 9.96. The molecule has 23 heavy (non-hydrogen) atoms. The molecular weight excluding hydrogens is 318 g/mol. The number of halogens is 1. The number of fused-ring (bicyclic) bond motifs is 1. The molecule has 3 aromatic rings. The third kappa shape index (κ3) is 3.89. The molecule has 2 heterocycles. The van der Waals surface area contributed by atoms with Crippen LogP contribution in [0.3, 0.4) is 0 Å². The second kappa shape index (κ2) is 7.46. The summed E-state index contributed by atoms with van der Waals surface area (Å²) in [6, 6.07) is 11.4. The van der Waals surface area contributed by atoms with Crippen LogP contribution in [0, 0.1) is 0 Å².